The van der Waals surface area contributed by atoms with Gasteiger partial charge in [-0.25, -0.2) is 4.79 Å². The number of benzene rings is 1. The number of urea groups is 1. The largest absolute Gasteiger partial charge is 0.388 e. The van der Waals surface area contributed by atoms with E-state index in [4.69, 9.17) is 4.79 Å². The Hall–Kier alpha value is -1.71. The lowest BCUT2D eigenvalue weighted by Crippen LogP contribution is -2.18. The molecule has 0 heterocycles. The number of carbonyl (C=O) groups excluding carboxylic acids is 1. The van der Waals surface area contributed by atoms with Crippen molar-refractivity contribution in [2.45, 2.75) is 6.92 Å². The van der Waals surface area contributed by atoms with Gasteiger partial charge in [-0.15, -0.1) is 0 Å². The maximum atomic E-state index is 9.00. The van der Waals surface area contributed by atoms with E-state index in [9.17, 15) is 0 Å². The minimum Gasteiger partial charge on any atom is -0.388 e. The number of carbonyl (C=O) groups is 1. The van der Waals surface area contributed by atoms with Crippen LogP contribution < -0.4 is 16.8 Å². The molecule has 0 fully saturated rings. The number of hydrogen-bond donors (Lipinski definition) is 3. The van der Waals surface area contributed by atoms with Gasteiger partial charge in [0, 0.05) is 12.7 Å². The summed E-state index contributed by atoms with van der Waals surface area (Å²) in [5, 5.41) is 3.07. The second-order valence-electron chi connectivity index (χ2n) is 2.52. The highest BCUT2D eigenvalue weighted by Crippen LogP contribution is 2.07. The summed E-state index contributed by atoms with van der Waals surface area (Å²) in [5.41, 5.74) is 11.0. The maximum Gasteiger partial charge on any atom is 0.309 e. The molecule has 0 radical (unpaired) electrons. The predicted octanol–water partition coefficient (Wildman–Crippen LogP) is 1.06. The molecule has 0 aliphatic rings. The van der Waals surface area contributed by atoms with E-state index in [-0.39, 0.29) is 0 Å². The highest BCUT2D eigenvalue weighted by Gasteiger charge is 1.84. The first-order chi connectivity index (χ1) is 6.06. The monoisotopic (exact) mass is 181 g/mol. The fourth-order valence-electron chi connectivity index (χ4n) is 0.801. The number of hydrogen-bond acceptors (Lipinski definition) is 2. The number of nitrogens with one attached hydrogen (secondary N) is 1. The number of nitrogens with two attached hydrogens (primary N) is 2. The first-order valence-electron chi connectivity index (χ1n) is 3.85. The van der Waals surface area contributed by atoms with Gasteiger partial charge in [-0.05, 0) is 24.6 Å². The van der Waals surface area contributed by atoms with Crippen molar-refractivity contribution in [1.82, 2.24) is 0 Å². The lowest BCUT2D eigenvalue weighted by atomic mass is 10.2. The fourth-order valence-corrected chi connectivity index (χ4v) is 0.801. The van der Waals surface area contributed by atoms with E-state index in [2.05, 4.69) is 35.8 Å². The van der Waals surface area contributed by atoms with Crippen LogP contribution in [0.25, 0.3) is 0 Å². The highest BCUT2D eigenvalue weighted by molar-refractivity contribution is 5.69. The Labute approximate surface area is 77.9 Å². The zero-order valence-corrected chi connectivity index (χ0v) is 7.87. The van der Waals surface area contributed by atoms with Crippen molar-refractivity contribution < 1.29 is 4.79 Å². The van der Waals surface area contributed by atoms with E-state index < -0.39 is 6.03 Å². The molecule has 4 heteroatoms. The van der Waals surface area contributed by atoms with Gasteiger partial charge in [-0.1, -0.05) is 12.1 Å². The minimum atomic E-state index is -0.833. The topological polar surface area (TPSA) is 81.1 Å². The van der Waals surface area contributed by atoms with Crippen LogP contribution in [0.2, 0.25) is 0 Å². The third-order valence-corrected chi connectivity index (χ3v) is 1.31. The van der Waals surface area contributed by atoms with E-state index in [0.29, 0.717) is 0 Å². The van der Waals surface area contributed by atoms with Crippen LogP contribution >= 0.6 is 0 Å². The zero-order valence-electron chi connectivity index (χ0n) is 7.87. The van der Waals surface area contributed by atoms with Gasteiger partial charge in [-0.2, -0.15) is 0 Å². The van der Waals surface area contributed by atoms with Crippen LogP contribution in [0, 0.1) is 6.92 Å². The van der Waals surface area contributed by atoms with E-state index in [1.807, 2.05) is 19.2 Å². The number of rotatable bonds is 1. The Bertz CT molecular complexity index is 269. The number of aryl methyl sites for hydroxylation is 1. The van der Waals surface area contributed by atoms with Crippen LogP contribution in [-0.4, -0.2) is 13.1 Å². The molecule has 0 atom stereocenters. The van der Waals surface area contributed by atoms with Crippen molar-refractivity contribution in [3.63, 3.8) is 0 Å². The predicted molar refractivity (Wildman–Crippen MR) is 54.5 cm³/mol. The van der Waals surface area contributed by atoms with Gasteiger partial charge in [0.2, 0.25) is 0 Å². The second-order valence-corrected chi connectivity index (χ2v) is 2.52. The molecule has 1 rings (SSSR count). The van der Waals surface area contributed by atoms with Gasteiger partial charge in [0.25, 0.3) is 0 Å². The molecule has 0 spiro atoms. The van der Waals surface area contributed by atoms with E-state index in [1.54, 1.807) is 0 Å². The number of anilines is 1. The molecule has 0 unspecified atom stereocenters. The lowest BCUT2D eigenvalue weighted by molar-refractivity contribution is 0.256. The van der Waals surface area contributed by atoms with Crippen molar-refractivity contribution in [3.8, 4) is 0 Å². The highest BCUT2D eigenvalue weighted by atomic mass is 16.2. The fraction of sp³-hybridized carbons (Fsp3) is 0.222. The smallest absolute Gasteiger partial charge is 0.309 e. The Morgan fingerprint density at radius 1 is 1.38 bits per heavy atom. The Morgan fingerprint density at radius 3 is 2.23 bits per heavy atom. The quantitative estimate of drug-likeness (QED) is 0.605. The van der Waals surface area contributed by atoms with Crippen molar-refractivity contribution in [2.24, 2.45) is 11.5 Å². The molecular weight excluding hydrogens is 166 g/mol. The molecule has 0 saturated carbocycles. The molecule has 72 valence electrons. The average molecular weight is 181 g/mol. The molecule has 2 amide bonds. The van der Waals surface area contributed by atoms with Gasteiger partial charge in [-0.3, -0.25) is 0 Å². The molecule has 0 aliphatic carbocycles. The normalized spacial score (nSPS) is 8.15. The molecule has 4 nitrogen and oxygen atoms in total. The molecule has 0 aliphatic heterocycles. The summed E-state index contributed by atoms with van der Waals surface area (Å²) >= 11 is 0. The molecule has 0 saturated heterocycles. The zero-order chi connectivity index (χ0) is 10.3. The number of amides is 2. The first-order valence-corrected chi connectivity index (χ1v) is 3.85. The second kappa shape index (κ2) is 5.88. The van der Waals surface area contributed by atoms with E-state index >= 15 is 0 Å². The summed E-state index contributed by atoms with van der Waals surface area (Å²) < 4.78 is 0. The molecule has 5 N–H and O–H groups in total. The Morgan fingerprint density at radius 2 is 1.92 bits per heavy atom. The third-order valence-electron chi connectivity index (χ3n) is 1.31. The summed E-state index contributed by atoms with van der Waals surface area (Å²) in [4.78, 5) is 9.00. The number of primary amides is 2. The summed E-state index contributed by atoms with van der Waals surface area (Å²) in [6.45, 7) is 2.08. The molecule has 0 bridgehead atoms. The lowest BCUT2D eigenvalue weighted by Gasteiger charge is -1.98. The third kappa shape index (κ3) is 6.68. The first kappa shape index (κ1) is 11.3. The van der Waals surface area contributed by atoms with E-state index in [1.165, 1.54) is 11.3 Å². The van der Waals surface area contributed by atoms with Gasteiger partial charge >= 0.3 is 6.03 Å². The van der Waals surface area contributed by atoms with Crippen LogP contribution in [0.5, 0.6) is 0 Å². The molecule has 13 heavy (non-hydrogen) atoms. The van der Waals surface area contributed by atoms with Crippen LogP contribution in [-0.2, 0) is 0 Å². The summed E-state index contributed by atoms with van der Waals surface area (Å²) in [6, 6.07) is 7.45. The molecule has 1 aromatic carbocycles. The minimum absolute atomic E-state index is 0.833. The van der Waals surface area contributed by atoms with Crippen molar-refractivity contribution in [2.75, 3.05) is 12.4 Å². The van der Waals surface area contributed by atoms with Crippen LogP contribution in [0.3, 0.4) is 0 Å². The molecule has 1 aromatic rings. The summed E-state index contributed by atoms with van der Waals surface area (Å²) in [7, 11) is 1.93. The van der Waals surface area contributed by atoms with Crippen molar-refractivity contribution >= 4 is 11.7 Å². The summed E-state index contributed by atoms with van der Waals surface area (Å²) in [5.74, 6) is 0. The van der Waals surface area contributed by atoms with Gasteiger partial charge < -0.3 is 16.8 Å². The molecule has 0 aromatic heterocycles. The van der Waals surface area contributed by atoms with Gasteiger partial charge in [0.05, 0.1) is 0 Å². The molecular formula is C9H15N3O. The van der Waals surface area contributed by atoms with Gasteiger partial charge in [0.15, 0.2) is 0 Å². The Kier molecular flexibility index (Phi) is 5.11. The van der Waals surface area contributed by atoms with Gasteiger partial charge in [0.1, 0.15) is 0 Å². The SMILES string of the molecule is CNc1cccc(C)c1.NC(N)=O. The van der Waals surface area contributed by atoms with Crippen LogP contribution in [0.4, 0.5) is 10.5 Å². The van der Waals surface area contributed by atoms with Crippen LogP contribution in [0.15, 0.2) is 24.3 Å². The summed E-state index contributed by atoms with van der Waals surface area (Å²) in [6.07, 6.45) is 0. The van der Waals surface area contributed by atoms with Crippen LogP contribution in [0.1, 0.15) is 5.56 Å². The standard InChI is InChI=1S/C8H11N.CH4N2O/c1-7-4-3-5-8(6-7)9-2;2-1(3)4/h3-6,9H,1-2H3;(H4,2,3,4). The van der Waals surface area contributed by atoms with Crippen molar-refractivity contribution in [1.29, 1.82) is 0 Å². The average Bonchev–Trinajstić information content (AvgIpc) is 2.03. The maximum absolute atomic E-state index is 9.00. The van der Waals surface area contributed by atoms with E-state index in [0.717, 1.165) is 0 Å². The Balaban J connectivity index is 0.000000310. The van der Waals surface area contributed by atoms with Crippen molar-refractivity contribution in [3.05, 3.63) is 29.8 Å².